The van der Waals surface area contributed by atoms with Crippen LogP contribution < -0.4 is 0 Å². The summed E-state index contributed by atoms with van der Waals surface area (Å²) in [6.45, 7) is 3.81. The molecule has 0 unspecified atom stereocenters. The van der Waals surface area contributed by atoms with Crippen molar-refractivity contribution in [1.29, 1.82) is 0 Å². The second kappa shape index (κ2) is 18.1. The number of nitro groups is 2. The minimum Gasteiger partial charge on any atom is -0.328 e. The third kappa shape index (κ3) is 11.7. The van der Waals surface area contributed by atoms with E-state index in [-0.39, 0.29) is 42.8 Å². The van der Waals surface area contributed by atoms with Crippen molar-refractivity contribution in [3.8, 4) is 0 Å². The molecule has 0 saturated carbocycles. The number of rotatable bonds is 17. The van der Waals surface area contributed by atoms with Crippen LogP contribution >= 0.6 is 46.4 Å². The number of hydrogen-bond acceptors (Lipinski definition) is 8. The third-order valence-corrected chi connectivity index (χ3v) is 9.83. The van der Waals surface area contributed by atoms with Crippen molar-refractivity contribution in [3.05, 3.63) is 124 Å². The van der Waals surface area contributed by atoms with Gasteiger partial charge in [-0.1, -0.05) is 82.8 Å². The Morgan fingerprint density at radius 3 is 1.19 bits per heavy atom. The quantitative estimate of drug-likeness (QED) is 0.0346. The summed E-state index contributed by atoms with van der Waals surface area (Å²) < 4.78 is 1.67. The highest BCUT2D eigenvalue weighted by Crippen LogP contribution is 2.39. The summed E-state index contributed by atoms with van der Waals surface area (Å²) in [5.41, 5.74) is 3.39. The lowest BCUT2D eigenvalue weighted by Gasteiger charge is -2.32. The normalized spacial score (nSPS) is 12.2. The van der Waals surface area contributed by atoms with Gasteiger partial charge in [0.25, 0.3) is 11.4 Å². The molecule has 16 heteroatoms. The van der Waals surface area contributed by atoms with Crippen LogP contribution in [0.1, 0.15) is 24.0 Å². The van der Waals surface area contributed by atoms with Crippen molar-refractivity contribution in [2.45, 2.75) is 25.7 Å². The van der Waals surface area contributed by atoms with Crippen molar-refractivity contribution >= 4 is 80.5 Å². The monoisotopic (exact) mass is 788 g/mol. The molecule has 0 spiro atoms. The summed E-state index contributed by atoms with van der Waals surface area (Å²) >= 11 is 24.9. The molecular weight excluding hydrogens is 750 g/mol. The van der Waals surface area contributed by atoms with Gasteiger partial charge in [0.05, 0.1) is 95.7 Å². The first-order valence-electron chi connectivity index (χ1n) is 16.5. The maximum absolute atomic E-state index is 11.1. The number of benzene rings is 4. The lowest BCUT2D eigenvalue weighted by atomic mass is 10.1. The van der Waals surface area contributed by atoms with Crippen LogP contribution in [0, 0.1) is 20.2 Å². The van der Waals surface area contributed by atoms with Crippen LogP contribution in [0.3, 0.4) is 0 Å². The highest BCUT2D eigenvalue weighted by atomic mass is 35.5. The summed E-state index contributed by atoms with van der Waals surface area (Å²) in [4.78, 5) is 21.1. The van der Waals surface area contributed by atoms with E-state index in [4.69, 9.17) is 46.4 Å². The molecule has 4 aromatic carbocycles. The Balaban J connectivity index is 1.28. The minimum absolute atomic E-state index is 0.0599. The van der Waals surface area contributed by atoms with E-state index in [9.17, 15) is 20.2 Å². The molecule has 0 aliphatic carbocycles. The first kappa shape index (κ1) is 40.7. The Bertz CT molecular complexity index is 1800. The fraction of sp³-hybridized carbons (Fsp3) is 0.333. The first-order valence-corrected chi connectivity index (χ1v) is 18.0. The van der Waals surface area contributed by atoms with Gasteiger partial charge in [0.2, 0.25) is 0 Å². The van der Waals surface area contributed by atoms with E-state index in [0.29, 0.717) is 11.4 Å². The molecule has 0 aromatic heterocycles. The average Bonchev–Trinajstić information content (AvgIpc) is 3.08. The molecule has 0 atom stereocenters. The van der Waals surface area contributed by atoms with E-state index in [0.717, 1.165) is 72.0 Å². The highest BCUT2D eigenvalue weighted by molar-refractivity contribution is 6.39. The number of hydrogen-bond donors (Lipinski definition) is 0. The van der Waals surface area contributed by atoms with Crippen LogP contribution in [0.4, 0.5) is 34.1 Å². The fourth-order valence-electron chi connectivity index (χ4n) is 5.50. The van der Waals surface area contributed by atoms with Crippen molar-refractivity contribution in [1.82, 2.24) is 0 Å². The van der Waals surface area contributed by atoms with E-state index >= 15 is 0 Å². The summed E-state index contributed by atoms with van der Waals surface area (Å²) in [5.74, 6) is 0. The molecule has 0 radical (unpaired) electrons. The molecule has 0 aliphatic heterocycles. The maximum Gasteiger partial charge on any atom is 0.272 e. The second-order valence-electron chi connectivity index (χ2n) is 13.7. The predicted octanol–water partition coefficient (Wildman–Crippen LogP) is 11.7. The van der Waals surface area contributed by atoms with Gasteiger partial charge in [0.15, 0.2) is 0 Å². The van der Waals surface area contributed by atoms with Crippen molar-refractivity contribution < 1.29 is 18.8 Å². The van der Waals surface area contributed by atoms with Gasteiger partial charge in [-0.05, 0) is 23.3 Å². The van der Waals surface area contributed by atoms with Gasteiger partial charge in [-0.15, -0.1) is 10.2 Å². The topological polar surface area (TPSA) is 136 Å². The number of azo groups is 2. The van der Waals surface area contributed by atoms with Gasteiger partial charge >= 0.3 is 0 Å². The Labute approximate surface area is 322 Å². The summed E-state index contributed by atoms with van der Waals surface area (Å²) in [6, 6.07) is 20.3. The molecule has 4 rings (SSSR count). The van der Waals surface area contributed by atoms with E-state index < -0.39 is 9.85 Å². The van der Waals surface area contributed by atoms with Gasteiger partial charge in [-0.25, -0.2) is 0 Å². The zero-order valence-corrected chi connectivity index (χ0v) is 32.3. The van der Waals surface area contributed by atoms with E-state index in [1.165, 1.54) is 24.3 Å². The molecule has 0 fully saturated rings. The lowest BCUT2D eigenvalue weighted by molar-refractivity contribution is -0.896. The van der Waals surface area contributed by atoms with Gasteiger partial charge in [0, 0.05) is 49.9 Å². The van der Waals surface area contributed by atoms with Crippen molar-refractivity contribution in [3.63, 3.8) is 0 Å². The smallest absolute Gasteiger partial charge is 0.272 e. The van der Waals surface area contributed by atoms with Crippen molar-refractivity contribution in [2.24, 2.45) is 20.5 Å². The van der Waals surface area contributed by atoms with Crippen LogP contribution in [-0.2, 0) is 12.8 Å². The van der Waals surface area contributed by atoms with Crippen LogP contribution in [0.15, 0.2) is 93.3 Å². The molecule has 0 amide bonds. The van der Waals surface area contributed by atoms with Crippen LogP contribution in [0.5, 0.6) is 0 Å². The van der Waals surface area contributed by atoms with Crippen molar-refractivity contribution in [2.75, 3.05) is 54.4 Å². The zero-order chi connectivity index (χ0) is 38.1. The summed E-state index contributed by atoms with van der Waals surface area (Å²) in [5, 5.41) is 39.7. The molecule has 12 nitrogen and oxygen atoms in total. The fourth-order valence-corrected chi connectivity index (χ4v) is 6.61. The third-order valence-electron chi connectivity index (χ3n) is 8.67. The largest absolute Gasteiger partial charge is 0.328 e. The number of halogens is 4. The average molecular weight is 791 g/mol. The zero-order valence-electron chi connectivity index (χ0n) is 29.3. The Hall–Kier alpha value is -4.04. The molecule has 4 aromatic rings. The predicted molar refractivity (Wildman–Crippen MR) is 208 cm³/mol. The van der Waals surface area contributed by atoms with Crippen LogP contribution in [0.2, 0.25) is 20.1 Å². The standard InChI is InChI=1S/C36H40Cl4N8O4/c1-47(2,19-15-25-11-5-7-13-33(25)41-43-35-29(37)21-27(45(49)50)22-30(35)38)17-9-10-18-48(3,4)20-16-26-12-6-8-14-34(26)42-44-36-31(39)23-28(46(51)52)24-32(36)40/h5-8,11-14,21-24H,9-10,15-20H2,1-4H3/q+2/b43-41+,44-42+. The SMILES string of the molecule is C[N+](C)(CCCC[N+](C)(C)CCc1ccccc1/N=N/c1c(Cl)cc([N+](=O)[O-])cc1Cl)CCc1ccccc1/N=N/c1c(Cl)cc([N+](=O)[O-])cc1Cl. The Kier molecular flexibility index (Phi) is 14.2. The summed E-state index contributed by atoms with van der Waals surface area (Å²) in [7, 11) is 8.90. The molecule has 274 valence electrons. The number of non-ortho nitro benzene ring substituents is 2. The van der Waals surface area contributed by atoms with E-state index in [1.54, 1.807) is 0 Å². The highest BCUT2D eigenvalue weighted by Gasteiger charge is 2.20. The Morgan fingerprint density at radius 1 is 0.538 bits per heavy atom. The number of unbranched alkanes of at least 4 members (excludes halogenated alkanes) is 1. The molecule has 0 saturated heterocycles. The van der Waals surface area contributed by atoms with E-state index in [1.807, 2.05) is 48.5 Å². The first-order chi connectivity index (χ1) is 24.5. The lowest BCUT2D eigenvalue weighted by Crippen LogP contribution is -2.44. The molecular formula is C36H40Cl4N8O4+2. The van der Waals surface area contributed by atoms with E-state index in [2.05, 4.69) is 48.6 Å². The molecule has 0 bridgehead atoms. The second-order valence-corrected chi connectivity index (χ2v) is 15.3. The molecule has 52 heavy (non-hydrogen) atoms. The van der Waals surface area contributed by atoms with Gasteiger partial charge in [0.1, 0.15) is 11.4 Å². The summed E-state index contributed by atoms with van der Waals surface area (Å²) in [6.07, 6.45) is 3.69. The van der Waals surface area contributed by atoms with Crippen LogP contribution in [-0.4, -0.2) is 73.2 Å². The van der Waals surface area contributed by atoms with Gasteiger partial charge in [-0.2, -0.15) is 10.2 Å². The number of likely N-dealkylation sites (N-methyl/N-ethyl adjacent to an activating group) is 2. The van der Waals surface area contributed by atoms with Gasteiger partial charge in [-0.3, -0.25) is 20.2 Å². The van der Waals surface area contributed by atoms with Crippen LogP contribution in [0.25, 0.3) is 0 Å². The maximum atomic E-state index is 11.1. The molecule has 0 N–H and O–H groups in total. The Morgan fingerprint density at radius 2 is 0.865 bits per heavy atom. The number of nitro benzene ring substituents is 2. The molecule has 0 heterocycles. The molecule has 0 aliphatic rings. The number of nitrogens with zero attached hydrogens (tertiary/aromatic N) is 8. The minimum atomic E-state index is -0.561. The number of quaternary nitrogens is 2. The van der Waals surface area contributed by atoms with Gasteiger partial charge < -0.3 is 8.97 Å².